The summed E-state index contributed by atoms with van der Waals surface area (Å²) in [5.41, 5.74) is 2.59. The monoisotopic (exact) mass is 204 g/mol. The molecule has 66 valence electrons. The Morgan fingerprint density at radius 2 is 2.58 bits per heavy atom. The minimum absolute atomic E-state index is 0.311. The maximum atomic E-state index is 11.1. The molecule has 0 spiro atoms. The normalized spacial score (nSPS) is 9.83. The number of nitrogens with one attached hydrogen (secondary N) is 1. The number of hydrogen-bond acceptors (Lipinski definition) is 5. The van der Waals surface area contributed by atoms with Crippen LogP contribution in [0.2, 0.25) is 0 Å². The van der Waals surface area contributed by atoms with Crippen molar-refractivity contribution in [2.24, 2.45) is 0 Å². The summed E-state index contributed by atoms with van der Waals surface area (Å²) in [5, 5.41) is 1.69. The number of aromatic nitrogens is 1. The number of thiazole rings is 1. The Hall–Kier alpha value is -0.590. The average molecular weight is 204 g/mol. The van der Waals surface area contributed by atoms with Crippen molar-refractivity contribution < 1.29 is 9.63 Å². The van der Waals surface area contributed by atoms with E-state index < -0.39 is 0 Å². The van der Waals surface area contributed by atoms with Gasteiger partial charge >= 0.3 is 0 Å². The lowest BCUT2D eigenvalue weighted by Crippen LogP contribution is -2.21. The molecule has 1 rings (SSSR count). The Kier molecular flexibility index (Phi) is 3.51. The van der Waals surface area contributed by atoms with Gasteiger partial charge in [-0.3, -0.25) is 9.63 Å². The molecule has 0 aliphatic heterocycles. The molecule has 0 saturated heterocycles. The fourth-order valence-electron chi connectivity index (χ4n) is 0.600. The highest BCUT2D eigenvalue weighted by Gasteiger charge is 2.08. The summed E-state index contributed by atoms with van der Waals surface area (Å²) >= 11 is 2.95. The molecule has 1 N–H and O–H groups in total. The van der Waals surface area contributed by atoms with Crippen LogP contribution in [0, 0.1) is 0 Å². The van der Waals surface area contributed by atoms with Gasteiger partial charge in [-0.15, -0.1) is 11.3 Å². The Balaban J connectivity index is 2.68. The number of carbonyl (C=O) groups is 1. The summed E-state index contributed by atoms with van der Waals surface area (Å²) in [6, 6.07) is 0. The van der Waals surface area contributed by atoms with E-state index in [4.69, 9.17) is 0 Å². The molecule has 0 aliphatic rings. The van der Waals surface area contributed by atoms with Gasteiger partial charge in [0, 0.05) is 5.38 Å². The topological polar surface area (TPSA) is 51.2 Å². The average Bonchev–Trinajstić information content (AvgIpc) is 2.52. The first-order valence-corrected chi connectivity index (χ1v) is 5.21. The number of amides is 1. The van der Waals surface area contributed by atoms with Crippen LogP contribution >= 0.6 is 23.1 Å². The molecule has 0 radical (unpaired) electrons. The molecular formula is C6H8N2O2S2. The Bertz CT molecular complexity index is 274. The van der Waals surface area contributed by atoms with Crippen LogP contribution in [0.25, 0.3) is 0 Å². The van der Waals surface area contributed by atoms with Crippen molar-refractivity contribution in [1.82, 2.24) is 10.5 Å². The molecule has 4 nitrogen and oxygen atoms in total. The number of carbonyl (C=O) groups excluding carboxylic acids is 1. The zero-order valence-electron chi connectivity index (χ0n) is 6.66. The molecular weight excluding hydrogens is 196 g/mol. The first kappa shape index (κ1) is 9.50. The summed E-state index contributed by atoms with van der Waals surface area (Å²) in [4.78, 5) is 19.6. The van der Waals surface area contributed by atoms with E-state index in [0.29, 0.717) is 5.69 Å². The van der Waals surface area contributed by atoms with E-state index in [1.54, 1.807) is 5.38 Å². The molecule has 0 atom stereocenters. The van der Waals surface area contributed by atoms with Gasteiger partial charge in [-0.1, -0.05) is 11.8 Å². The molecule has 0 aromatic carbocycles. The summed E-state index contributed by atoms with van der Waals surface area (Å²) < 4.78 is 0.872. The first-order valence-electron chi connectivity index (χ1n) is 3.10. The largest absolute Gasteiger partial charge is 0.294 e. The van der Waals surface area contributed by atoms with Crippen molar-refractivity contribution in [3.05, 3.63) is 11.1 Å². The maximum Gasteiger partial charge on any atom is 0.294 e. The van der Waals surface area contributed by atoms with Gasteiger partial charge in [-0.05, 0) is 6.26 Å². The van der Waals surface area contributed by atoms with Gasteiger partial charge in [0.15, 0.2) is 4.34 Å². The van der Waals surface area contributed by atoms with Gasteiger partial charge in [-0.2, -0.15) is 0 Å². The predicted octanol–water partition coefficient (Wildman–Crippen LogP) is 1.16. The standard InChI is InChI=1S/C6H8N2O2S2/c1-10-8-5(9)4-3-12-6(7-4)11-2/h3H,1-2H3,(H,8,9). The Morgan fingerprint density at radius 1 is 1.83 bits per heavy atom. The van der Waals surface area contributed by atoms with Crippen molar-refractivity contribution in [2.75, 3.05) is 13.4 Å². The second-order valence-electron chi connectivity index (χ2n) is 1.84. The highest BCUT2D eigenvalue weighted by Crippen LogP contribution is 2.19. The van der Waals surface area contributed by atoms with E-state index >= 15 is 0 Å². The second kappa shape index (κ2) is 4.44. The van der Waals surface area contributed by atoms with Crippen LogP contribution < -0.4 is 5.48 Å². The van der Waals surface area contributed by atoms with Crippen LogP contribution in [0.15, 0.2) is 9.72 Å². The Labute approximate surface area is 78.3 Å². The van der Waals surface area contributed by atoms with E-state index in [9.17, 15) is 4.79 Å². The van der Waals surface area contributed by atoms with Crippen molar-refractivity contribution in [2.45, 2.75) is 4.34 Å². The number of nitrogens with zero attached hydrogens (tertiary/aromatic N) is 1. The molecule has 1 aromatic rings. The van der Waals surface area contributed by atoms with Gasteiger partial charge in [-0.25, -0.2) is 10.5 Å². The van der Waals surface area contributed by atoms with Crippen LogP contribution in [0.4, 0.5) is 0 Å². The third kappa shape index (κ3) is 2.20. The lowest BCUT2D eigenvalue weighted by Gasteiger charge is -1.95. The number of rotatable bonds is 3. The van der Waals surface area contributed by atoms with Crippen LogP contribution in [0.3, 0.4) is 0 Å². The fraction of sp³-hybridized carbons (Fsp3) is 0.333. The highest BCUT2D eigenvalue weighted by molar-refractivity contribution is 8.00. The van der Waals surface area contributed by atoms with Crippen molar-refractivity contribution in [1.29, 1.82) is 0 Å². The summed E-state index contributed by atoms with van der Waals surface area (Å²) in [6.07, 6.45) is 1.91. The summed E-state index contributed by atoms with van der Waals surface area (Å²) in [6.45, 7) is 0. The molecule has 12 heavy (non-hydrogen) atoms. The first-order chi connectivity index (χ1) is 5.77. The van der Waals surface area contributed by atoms with Crippen LogP contribution in [0.5, 0.6) is 0 Å². The number of hydrogen-bond donors (Lipinski definition) is 1. The molecule has 1 heterocycles. The predicted molar refractivity (Wildman–Crippen MR) is 48.4 cm³/mol. The molecule has 0 fully saturated rings. The highest BCUT2D eigenvalue weighted by atomic mass is 32.2. The second-order valence-corrected chi connectivity index (χ2v) is 3.75. The third-order valence-electron chi connectivity index (χ3n) is 1.09. The molecule has 0 bridgehead atoms. The van der Waals surface area contributed by atoms with Gasteiger partial charge in [0.2, 0.25) is 0 Å². The van der Waals surface area contributed by atoms with Crippen LogP contribution in [0.1, 0.15) is 10.5 Å². The number of thioether (sulfide) groups is 1. The van der Waals surface area contributed by atoms with Crippen molar-refractivity contribution >= 4 is 29.0 Å². The SMILES string of the molecule is CONC(=O)c1csc(SC)n1. The molecule has 0 unspecified atom stereocenters. The summed E-state index contributed by atoms with van der Waals surface area (Å²) in [7, 11) is 1.39. The van der Waals surface area contributed by atoms with Gasteiger partial charge in [0.25, 0.3) is 5.91 Å². The third-order valence-corrected chi connectivity index (χ3v) is 2.95. The zero-order valence-corrected chi connectivity index (χ0v) is 8.29. The van der Waals surface area contributed by atoms with Crippen molar-refractivity contribution in [3.63, 3.8) is 0 Å². The quantitative estimate of drug-likeness (QED) is 0.593. The van der Waals surface area contributed by atoms with Crippen LogP contribution in [-0.4, -0.2) is 24.3 Å². The van der Waals surface area contributed by atoms with E-state index in [-0.39, 0.29) is 5.91 Å². The minimum atomic E-state index is -0.311. The molecule has 6 heteroatoms. The van der Waals surface area contributed by atoms with Gasteiger partial charge in [0.1, 0.15) is 5.69 Å². The van der Waals surface area contributed by atoms with Gasteiger partial charge < -0.3 is 0 Å². The van der Waals surface area contributed by atoms with Crippen LogP contribution in [-0.2, 0) is 4.84 Å². The zero-order chi connectivity index (χ0) is 8.97. The van der Waals surface area contributed by atoms with E-state index in [1.807, 2.05) is 6.26 Å². The minimum Gasteiger partial charge on any atom is -0.277 e. The molecule has 1 amide bonds. The molecule has 0 aliphatic carbocycles. The smallest absolute Gasteiger partial charge is 0.277 e. The van der Waals surface area contributed by atoms with E-state index in [0.717, 1.165) is 4.34 Å². The number of hydroxylamine groups is 1. The lowest BCUT2D eigenvalue weighted by atomic mass is 10.5. The summed E-state index contributed by atoms with van der Waals surface area (Å²) in [5.74, 6) is -0.311. The van der Waals surface area contributed by atoms with Crippen molar-refractivity contribution in [3.8, 4) is 0 Å². The Morgan fingerprint density at radius 3 is 3.08 bits per heavy atom. The molecule has 0 saturated carbocycles. The van der Waals surface area contributed by atoms with E-state index in [2.05, 4.69) is 15.3 Å². The molecule has 1 aromatic heterocycles. The maximum absolute atomic E-state index is 11.1. The fourth-order valence-corrected chi connectivity index (χ4v) is 1.84. The van der Waals surface area contributed by atoms with E-state index in [1.165, 1.54) is 30.2 Å². The lowest BCUT2D eigenvalue weighted by molar-refractivity contribution is 0.0532. The van der Waals surface area contributed by atoms with Gasteiger partial charge in [0.05, 0.1) is 7.11 Å².